The number of nitrogens with one attached hydrogen (secondary N) is 2. The average Bonchev–Trinajstić information content (AvgIpc) is 3.23. The van der Waals surface area contributed by atoms with Crippen molar-refractivity contribution >= 4 is 28.7 Å². The number of carbonyl (C=O) groups is 2. The third kappa shape index (κ3) is 7.18. The van der Waals surface area contributed by atoms with Crippen LogP contribution in [0.25, 0.3) is 16.9 Å². The molecule has 0 aliphatic carbocycles. The second-order valence-corrected chi connectivity index (χ2v) is 10.7. The van der Waals surface area contributed by atoms with Crippen molar-refractivity contribution in [3.63, 3.8) is 0 Å². The van der Waals surface area contributed by atoms with E-state index in [1.54, 1.807) is 16.8 Å². The molecule has 38 heavy (non-hydrogen) atoms. The molecule has 11 heteroatoms. The number of anilines is 1. The summed E-state index contributed by atoms with van der Waals surface area (Å²) >= 11 is 0. The van der Waals surface area contributed by atoms with Gasteiger partial charge < -0.3 is 25.7 Å². The maximum absolute atomic E-state index is 14.2. The van der Waals surface area contributed by atoms with Crippen molar-refractivity contribution in [3.8, 4) is 5.82 Å². The standard InChI is InChI=1S/C27H37FN6O4/c1-16(2)14-33(26(36)37)15-18-9-19-7-8-34(24(19)30-11-18)23-10-21(32-17(3)4)20(12-29-23)25(35)31-13-22(28)27(5,6)38/h7-12,16-17,22,38H,13-15H2,1-6H3,(H,29,32)(H,31,35)(H,36,37). The molecule has 3 heterocycles. The molecule has 0 saturated heterocycles. The van der Waals surface area contributed by atoms with Crippen LogP contribution in [-0.4, -0.2) is 72.6 Å². The minimum atomic E-state index is -1.63. The van der Waals surface area contributed by atoms with Gasteiger partial charge in [-0.3, -0.25) is 9.36 Å². The Morgan fingerprint density at radius 3 is 2.47 bits per heavy atom. The van der Waals surface area contributed by atoms with Gasteiger partial charge in [-0.2, -0.15) is 0 Å². The molecular formula is C27H37FN6O4. The van der Waals surface area contributed by atoms with Gasteiger partial charge in [0.1, 0.15) is 17.6 Å². The number of fused-ring (bicyclic) bond motifs is 1. The van der Waals surface area contributed by atoms with Gasteiger partial charge in [-0.15, -0.1) is 0 Å². The van der Waals surface area contributed by atoms with E-state index in [1.807, 2.05) is 46.0 Å². The molecule has 0 spiro atoms. The highest BCUT2D eigenvalue weighted by molar-refractivity contribution is 5.99. The number of hydrogen-bond acceptors (Lipinski definition) is 6. The van der Waals surface area contributed by atoms with Crippen LogP contribution in [0.1, 0.15) is 57.5 Å². The van der Waals surface area contributed by atoms with Crippen LogP contribution in [0.15, 0.2) is 36.8 Å². The number of alkyl halides is 1. The average molecular weight is 529 g/mol. The summed E-state index contributed by atoms with van der Waals surface area (Å²) in [6.45, 7) is 10.8. The summed E-state index contributed by atoms with van der Waals surface area (Å²) in [5, 5.41) is 25.9. The largest absolute Gasteiger partial charge is 0.465 e. The maximum atomic E-state index is 14.2. The lowest BCUT2D eigenvalue weighted by molar-refractivity contribution is -0.00177. The highest BCUT2D eigenvalue weighted by atomic mass is 19.1. The van der Waals surface area contributed by atoms with E-state index in [0.717, 1.165) is 10.9 Å². The Labute approximate surface area is 221 Å². The van der Waals surface area contributed by atoms with E-state index < -0.39 is 23.8 Å². The fourth-order valence-electron chi connectivity index (χ4n) is 3.93. The van der Waals surface area contributed by atoms with E-state index in [-0.39, 0.29) is 30.6 Å². The number of pyridine rings is 2. The number of hydrogen-bond donors (Lipinski definition) is 4. The summed E-state index contributed by atoms with van der Waals surface area (Å²) in [5.74, 6) is 0.212. The number of rotatable bonds is 11. The molecular weight excluding hydrogens is 491 g/mol. The third-order valence-corrected chi connectivity index (χ3v) is 5.85. The Morgan fingerprint density at radius 1 is 1.16 bits per heavy atom. The first kappa shape index (κ1) is 28.8. The molecule has 0 bridgehead atoms. The van der Waals surface area contributed by atoms with E-state index in [1.165, 1.54) is 24.9 Å². The summed E-state index contributed by atoms with van der Waals surface area (Å²) < 4.78 is 15.9. The topological polar surface area (TPSA) is 133 Å². The van der Waals surface area contributed by atoms with Gasteiger partial charge in [-0.25, -0.2) is 19.2 Å². The molecule has 1 unspecified atom stereocenters. The van der Waals surface area contributed by atoms with Gasteiger partial charge in [0.25, 0.3) is 5.91 Å². The maximum Gasteiger partial charge on any atom is 0.407 e. The van der Waals surface area contributed by atoms with Crippen LogP contribution < -0.4 is 10.6 Å². The van der Waals surface area contributed by atoms with Crippen LogP contribution in [0.4, 0.5) is 14.9 Å². The zero-order valence-electron chi connectivity index (χ0n) is 22.7. The van der Waals surface area contributed by atoms with Crippen molar-refractivity contribution in [2.45, 2.75) is 65.9 Å². The second kappa shape index (κ2) is 11.8. The molecule has 1 atom stereocenters. The Kier molecular flexibility index (Phi) is 8.93. The Bertz CT molecular complexity index is 1280. The summed E-state index contributed by atoms with van der Waals surface area (Å²) in [7, 11) is 0. The van der Waals surface area contributed by atoms with Crippen molar-refractivity contribution in [1.29, 1.82) is 0 Å². The highest BCUT2D eigenvalue weighted by Gasteiger charge is 2.27. The number of aromatic nitrogens is 3. The fourth-order valence-corrected chi connectivity index (χ4v) is 3.93. The predicted molar refractivity (Wildman–Crippen MR) is 144 cm³/mol. The molecule has 0 fully saturated rings. The smallest absolute Gasteiger partial charge is 0.407 e. The van der Waals surface area contributed by atoms with Crippen LogP contribution >= 0.6 is 0 Å². The van der Waals surface area contributed by atoms with E-state index >= 15 is 0 Å². The van der Waals surface area contributed by atoms with Crippen LogP contribution in [0.5, 0.6) is 0 Å². The quantitative estimate of drug-likeness (QED) is 0.293. The van der Waals surface area contributed by atoms with Crippen molar-refractivity contribution in [2.24, 2.45) is 5.92 Å². The van der Waals surface area contributed by atoms with Crippen LogP contribution in [0, 0.1) is 5.92 Å². The molecule has 0 saturated carbocycles. The summed E-state index contributed by atoms with van der Waals surface area (Å²) in [4.78, 5) is 34.8. The lowest BCUT2D eigenvalue weighted by Gasteiger charge is -2.23. The summed E-state index contributed by atoms with van der Waals surface area (Å²) in [5.41, 5.74) is 0.598. The predicted octanol–water partition coefficient (Wildman–Crippen LogP) is 4.22. The van der Waals surface area contributed by atoms with Gasteiger partial charge in [0.15, 0.2) is 0 Å². The Morgan fingerprint density at radius 2 is 1.87 bits per heavy atom. The van der Waals surface area contributed by atoms with Gasteiger partial charge in [0.2, 0.25) is 0 Å². The number of carboxylic acid groups (broad SMARTS) is 1. The van der Waals surface area contributed by atoms with Crippen molar-refractivity contribution in [2.75, 3.05) is 18.4 Å². The molecule has 3 aromatic rings. The lowest BCUT2D eigenvalue weighted by atomic mass is 10.0. The normalized spacial score (nSPS) is 12.7. The first-order valence-electron chi connectivity index (χ1n) is 12.6. The van der Waals surface area contributed by atoms with E-state index in [4.69, 9.17) is 0 Å². The molecule has 10 nitrogen and oxygen atoms in total. The molecule has 3 rings (SSSR count). The molecule has 206 valence electrons. The van der Waals surface area contributed by atoms with Crippen LogP contribution in [-0.2, 0) is 6.54 Å². The lowest BCUT2D eigenvalue weighted by Crippen LogP contribution is -2.42. The number of aliphatic hydroxyl groups is 1. The molecule has 4 N–H and O–H groups in total. The first-order valence-corrected chi connectivity index (χ1v) is 12.6. The number of carbonyl (C=O) groups excluding carboxylic acids is 1. The summed E-state index contributed by atoms with van der Waals surface area (Å²) in [6, 6.07) is 5.50. The third-order valence-electron chi connectivity index (χ3n) is 5.85. The van der Waals surface area contributed by atoms with Crippen molar-refractivity contribution < 1.29 is 24.2 Å². The van der Waals surface area contributed by atoms with Gasteiger partial charge >= 0.3 is 6.09 Å². The van der Waals surface area contributed by atoms with Crippen LogP contribution in [0.3, 0.4) is 0 Å². The molecule has 0 aliphatic heterocycles. The zero-order chi connectivity index (χ0) is 28.2. The molecule has 0 radical (unpaired) electrons. The van der Waals surface area contributed by atoms with Gasteiger partial charge in [-0.05, 0) is 51.3 Å². The zero-order valence-corrected chi connectivity index (χ0v) is 22.7. The highest BCUT2D eigenvalue weighted by Crippen LogP contribution is 2.24. The SMILES string of the molecule is CC(C)CN(Cc1cnc2c(ccn2-c2cc(NC(C)C)c(C(=O)NCC(F)C(C)(C)O)cn2)c1)C(=O)O. The minimum absolute atomic E-state index is 0.00667. The van der Waals surface area contributed by atoms with E-state index in [0.29, 0.717) is 23.7 Å². The number of nitrogens with zero attached hydrogens (tertiary/aromatic N) is 4. The van der Waals surface area contributed by atoms with Crippen molar-refractivity contribution in [1.82, 2.24) is 24.8 Å². The number of halogens is 1. The van der Waals surface area contributed by atoms with Crippen molar-refractivity contribution in [3.05, 3.63) is 47.9 Å². The van der Waals surface area contributed by atoms with E-state index in [9.17, 15) is 24.2 Å². The first-order chi connectivity index (χ1) is 17.8. The second-order valence-electron chi connectivity index (χ2n) is 10.7. The Balaban J connectivity index is 1.88. The van der Waals surface area contributed by atoms with Crippen LogP contribution in [0.2, 0.25) is 0 Å². The monoisotopic (exact) mass is 528 g/mol. The molecule has 0 aromatic carbocycles. The van der Waals surface area contributed by atoms with Gasteiger partial charge in [0, 0.05) is 42.6 Å². The molecule has 0 aliphatic rings. The van der Waals surface area contributed by atoms with E-state index in [2.05, 4.69) is 20.6 Å². The van der Waals surface area contributed by atoms with Gasteiger partial charge in [0.05, 0.1) is 29.9 Å². The number of amides is 2. The fraction of sp³-hybridized carbons (Fsp3) is 0.481. The summed E-state index contributed by atoms with van der Waals surface area (Å²) in [6.07, 6.45) is 2.28. The van der Waals surface area contributed by atoms with Gasteiger partial charge in [-0.1, -0.05) is 13.8 Å². The Hall–Kier alpha value is -3.73. The minimum Gasteiger partial charge on any atom is -0.465 e. The molecule has 3 aromatic heterocycles. The molecule has 2 amide bonds.